The molecule has 31 heavy (non-hydrogen) atoms. The number of amides is 2. The standard InChI is InChI=1S/C25H27N3O3/c1-17-21(15-18-7-3-5-9-22(18)26-17)25(30)27-20-11-13-28(14-12-20)24(29)16-19-8-4-6-10-23(19)31-2/h3-10,15,20H,11-14,16H2,1-2H3,(H,27,30). The Labute approximate surface area is 182 Å². The van der Waals surface area contributed by atoms with E-state index in [0.717, 1.165) is 40.8 Å². The van der Waals surface area contributed by atoms with Crippen LogP contribution in [-0.4, -0.2) is 47.9 Å². The Morgan fingerprint density at radius 3 is 2.58 bits per heavy atom. The maximum atomic E-state index is 12.9. The highest BCUT2D eigenvalue weighted by Crippen LogP contribution is 2.21. The minimum absolute atomic E-state index is 0.0497. The molecule has 1 saturated heterocycles. The van der Waals surface area contributed by atoms with Crippen molar-refractivity contribution in [1.29, 1.82) is 0 Å². The second-order valence-corrected chi connectivity index (χ2v) is 7.93. The van der Waals surface area contributed by atoms with Crippen LogP contribution in [0.1, 0.15) is 34.5 Å². The molecule has 1 N–H and O–H groups in total. The molecule has 2 heterocycles. The second kappa shape index (κ2) is 9.16. The van der Waals surface area contributed by atoms with Gasteiger partial charge in [0.1, 0.15) is 5.75 Å². The summed E-state index contributed by atoms with van der Waals surface area (Å²) in [4.78, 5) is 32.0. The first-order valence-electron chi connectivity index (χ1n) is 10.6. The molecular weight excluding hydrogens is 390 g/mol. The highest BCUT2D eigenvalue weighted by atomic mass is 16.5. The number of aromatic nitrogens is 1. The Morgan fingerprint density at radius 1 is 1.10 bits per heavy atom. The lowest BCUT2D eigenvalue weighted by atomic mass is 10.0. The Morgan fingerprint density at radius 2 is 1.81 bits per heavy atom. The summed E-state index contributed by atoms with van der Waals surface area (Å²) in [6.45, 7) is 3.13. The van der Waals surface area contributed by atoms with Gasteiger partial charge in [-0.25, -0.2) is 0 Å². The summed E-state index contributed by atoms with van der Waals surface area (Å²) in [7, 11) is 1.62. The molecular formula is C25H27N3O3. The van der Waals surface area contributed by atoms with Crippen molar-refractivity contribution in [3.63, 3.8) is 0 Å². The van der Waals surface area contributed by atoms with E-state index in [1.807, 2.05) is 66.4 Å². The van der Waals surface area contributed by atoms with Crippen LogP contribution in [0.5, 0.6) is 5.75 Å². The van der Waals surface area contributed by atoms with E-state index in [1.54, 1.807) is 7.11 Å². The first-order valence-corrected chi connectivity index (χ1v) is 10.6. The number of piperidine rings is 1. The number of pyridine rings is 1. The van der Waals surface area contributed by atoms with E-state index in [1.165, 1.54) is 0 Å². The maximum absolute atomic E-state index is 12.9. The Hall–Kier alpha value is -3.41. The van der Waals surface area contributed by atoms with Gasteiger partial charge in [0.2, 0.25) is 5.91 Å². The molecule has 4 rings (SSSR count). The molecule has 2 amide bonds. The highest BCUT2D eigenvalue weighted by molar-refractivity contribution is 5.98. The van der Waals surface area contributed by atoms with Crippen LogP contribution in [0, 0.1) is 6.92 Å². The van der Waals surface area contributed by atoms with Crippen LogP contribution < -0.4 is 10.1 Å². The van der Waals surface area contributed by atoms with E-state index in [2.05, 4.69) is 10.3 Å². The Kier molecular flexibility index (Phi) is 6.16. The summed E-state index contributed by atoms with van der Waals surface area (Å²) in [5.41, 5.74) is 3.11. The minimum Gasteiger partial charge on any atom is -0.496 e. The zero-order valence-corrected chi connectivity index (χ0v) is 17.9. The second-order valence-electron chi connectivity index (χ2n) is 7.93. The zero-order valence-electron chi connectivity index (χ0n) is 17.9. The van der Waals surface area contributed by atoms with Gasteiger partial charge in [-0.3, -0.25) is 14.6 Å². The van der Waals surface area contributed by atoms with Gasteiger partial charge in [0.05, 0.1) is 30.3 Å². The number of nitrogens with zero attached hydrogens (tertiary/aromatic N) is 2. The van der Waals surface area contributed by atoms with Crippen LogP contribution in [0.3, 0.4) is 0 Å². The lowest BCUT2D eigenvalue weighted by Crippen LogP contribution is -2.47. The number of fused-ring (bicyclic) bond motifs is 1. The van der Waals surface area contributed by atoms with E-state index < -0.39 is 0 Å². The lowest BCUT2D eigenvalue weighted by molar-refractivity contribution is -0.131. The van der Waals surface area contributed by atoms with Gasteiger partial charge in [-0.1, -0.05) is 36.4 Å². The van der Waals surface area contributed by atoms with E-state index in [0.29, 0.717) is 25.1 Å². The summed E-state index contributed by atoms with van der Waals surface area (Å²) < 4.78 is 5.35. The molecule has 3 aromatic rings. The summed E-state index contributed by atoms with van der Waals surface area (Å²) in [6, 6.07) is 17.3. The normalized spacial score (nSPS) is 14.5. The fraction of sp³-hybridized carbons (Fsp3) is 0.320. The first kappa shape index (κ1) is 20.8. The number of para-hydroxylation sites is 2. The van der Waals surface area contributed by atoms with E-state index in [4.69, 9.17) is 4.74 Å². The lowest BCUT2D eigenvalue weighted by Gasteiger charge is -2.32. The fourth-order valence-electron chi connectivity index (χ4n) is 4.10. The molecule has 0 aliphatic carbocycles. The first-order chi connectivity index (χ1) is 15.0. The number of benzene rings is 2. The van der Waals surface area contributed by atoms with Crippen LogP contribution >= 0.6 is 0 Å². The van der Waals surface area contributed by atoms with Crippen molar-refractivity contribution in [3.05, 3.63) is 71.4 Å². The van der Waals surface area contributed by atoms with Crippen molar-refractivity contribution >= 4 is 22.7 Å². The number of carbonyl (C=O) groups is 2. The topological polar surface area (TPSA) is 71.5 Å². The Balaban J connectivity index is 1.34. The van der Waals surface area contributed by atoms with Crippen LogP contribution in [-0.2, 0) is 11.2 Å². The molecule has 6 nitrogen and oxygen atoms in total. The molecule has 0 unspecified atom stereocenters. The van der Waals surface area contributed by atoms with Crippen molar-refractivity contribution in [2.24, 2.45) is 0 Å². The quantitative estimate of drug-likeness (QED) is 0.690. The summed E-state index contributed by atoms with van der Waals surface area (Å²) >= 11 is 0. The predicted octanol–water partition coefficient (Wildman–Crippen LogP) is 3.52. The van der Waals surface area contributed by atoms with Crippen molar-refractivity contribution in [1.82, 2.24) is 15.2 Å². The number of hydrogen-bond donors (Lipinski definition) is 1. The third-order valence-electron chi connectivity index (χ3n) is 5.88. The summed E-state index contributed by atoms with van der Waals surface area (Å²) in [5, 5.41) is 4.08. The number of aryl methyl sites for hydroxylation is 1. The average molecular weight is 418 g/mol. The molecule has 0 spiro atoms. The largest absolute Gasteiger partial charge is 0.496 e. The highest BCUT2D eigenvalue weighted by Gasteiger charge is 2.25. The molecule has 0 saturated carbocycles. The van der Waals surface area contributed by atoms with Crippen LogP contribution in [0.2, 0.25) is 0 Å². The number of likely N-dealkylation sites (tertiary alicyclic amines) is 1. The predicted molar refractivity (Wildman–Crippen MR) is 120 cm³/mol. The van der Waals surface area contributed by atoms with E-state index in [-0.39, 0.29) is 17.9 Å². The van der Waals surface area contributed by atoms with Crippen LogP contribution in [0.4, 0.5) is 0 Å². The Bertz CT molecular complexity index is 1100. The number of rotatable bonds is 5. The molecule has 2 aromatic carbocycles. The third kappa shape index (κ3) is 4.68. The van der Waals surface area contributed by atoms with Crippen LogP contribution in [0.15, 0.2) is 54.6 Å². The summed E-state index contributed by atoms with van der Waals surface area (Å²) in [5.74, 6) is 0.718. The maximum Gasteiger partial charge on any atom is 0.253 e. The zero-order chi connectivity index (χ0) is 21.8. The molecule has 1 aliphatic rings. The molecule has 1 aliphatic heterocycles. The third-order valence-corrected chi connectivity index (χ3v) is 5.88. The number of hydrogen-bond acceptors (Lipinski definition) is 4. The smallest absolute Gasteiger partial charge is 0.253 e. The molecule has 0 atom stereocenters. The monoisotopic (exact) mass is 417 g/mol. The molecule has 0 radical (unpaired) electrons. The van der Waals surface area contributed by atoms with Gasteiger partial charge >= 0.3 is 0 Å². The van der Waals surface area contributed by atoms with Crippen LogP contribution in [0.25, 0.3) is 10.9 Å². The fourth-order valence-corrected chi connectivity index (χ4v) is 4.10. The van der Waals surface area contributed by atoms with E-state index >= 15 is 0 Å². The number of nitrogens with one attached hydrogen (secondary N) is 1. The average Bonchev–Trinajstić information content (AvgIpc) is 2.79. The molecule has 0 bridgehead atoms. The minimum atomic E-state index is -0.102. The van der Waals surface area contributed by atoms with E-state index in [9.17, 15) is 9.59 Å². The van der Waals surface area contributed by atoms with Gasteiger partial charge in [0.25, 0.3) is 5.91 Å². The van der Waals surface area contributed by atoms with Gasteiger partial charge in [-0.2, -0.15) is 0 Å². The summed E-state index contributed by atoms with van der Waals surface area (Å²) in [6.07, 6.45) is 1.80. The van der Waals surface area contributed by atoms with Gasteiger partial charge in [-0.15, -0.1) is 0 Å². The molecule has 1 fully saturated rings. The molecule has 160 valence electrons. The molecule has 6 heteroatoms. The van der Waals surface area contributed by atoms with Crippen molar-refractivity contribution in [2.75, 3.05) is 20.2 Å². The molecule has 1 aromatic heterocycles. The van der Waals surface area contributed by atoms with Gasteiger partial charge in [0, 0.05) is 30.1 Å². The van der Waals surface area contributed by atoms with Gasteiger partial charge < -0.3 is 15.0 Å². The van der Waals surface area contributed by atoms with Crippen molar-refractivity contribution in [2.45, 2.75) is 32.2 Å². The van der Waals surface area contributed by atoms with Gasteiger partial charge in [-0.05, 0) is 38.0 Å². The van der Waals surface area contributed by atoms with Gasteiger partial charge in [0.15, 0.2) is 0 Å². The number of methoxy groups -OCH3 is 1. The number of ether oxygens (including phenoxy) is 1. The SMILES string of the molecule is COc1ccccc1CC(=O)N1CCC(NC(=O)c2cc3ccccc3nc2C)CC1. The number of carbonyl (C=O) groups excluding carboxylic acids is 2. The van der Waals surface area contributed by atoms with Crippen molar-refractivity contribution in [3.8, 4) is 5.75 Å². The van der Waals surface area contributed by atoms with Crippen molar-refractivity contribution < 1.29 is 14.3 Å².